The first kappa shape index (κ1) is 35.3. The van der Waals surface area contributed by atoms with Gasteiger partial charge < -0.3 is 14.6 Å². The molecule has 2 aromatic heterocycles. The number of aliphatic hydroxyl groups is 1. The normalized spacial score (nSPS) is 10.8. The molecule has 5 aromatic rings. The smallest absolute Gasteiger partial charge is 0.338 e. The van der Waals surface area contributed by atoms with Gasteiger partial charge in [-0.15, -0.1) is 0 Å². The molecule has 0 unspecified atom stereocenters. The van der Waals surface area contributed by atoms with Gasteiger partial charge in [-0.1, -0.05) is 59.6 Å². The number of carbonyl (C=O) groups excluding carboxylic acids is 3. The predicted octanol–water partition coefficient (Wildman–Crippen LogP) is 7.91. The number of nitrogens with zero attached hydrogens (tertiary/aromatic N) is 2. The Morgan fingerprint density at radius 1 is 0.727 bits per heavy atom. The summed E-state index contributed by atoms with van der Waals surface area (Å²) in [6.45, 7) is 4.09. The van der Waals surface area contributed by atoms with Gasteiger partial charge in [0.25, 0.3) is 0 Å². The number of fused-ring (bicyclic) bond motifs is 3. The Kier molecular flexibility index (Phi) is 13.4. The first-order valence-corrected chi connectivity index (χ1v) is 14.0. The van der Waals surface area contributed by atoms with Gasteiger partial charge in [0.15, 0.2) is 5.78 Å². The summed E-state index contributed by atoms with van der Waals surface area (Å²) in [6.07, 6.45) is 4.22. The van der Waals surface area contributed by atoms with Gasteiger partial charge in [-0.05, 0) is 50.2 Å². The number of ketones is 1. The van der Waals surface area contributed by atoms with Crippen molar-refractivity contribution < 1.29 is 78.3 Å². The van der Waals surface area contributed by atoms with E-state index in [1.165, 1.54) is 12.4 Å². The predicted molar refractivity (Wildman–Crippen MR) is 167 cm³/mol. The maximum absolute atomic E-state index is 12.1. The topological polar surface area (TPSA) is 116 Å². The van der Waals surface area contributed by atoms with Crippen LogP contribution in [0.1, 0.15) is 50.5 Å². The monoisotopic (exact) mass is 769 g/mol. The van der Waals surface area contributed by atoms with E-state index in [0.29, 0.717) is 67.3 Å². The fourth-order valence-electron chi connectivity index (χ4n) is 4.18. The molecule has 0 atom stereocenters. The molecule has 0 aliphatic rings. The largest absolute Gasteiger partial charge is 0.507 e. The van der Waals surface area contributed by atoms with Crippen LogP contribution < -0.4 is 0 Å². The zero-order valence-corrected chi connectivity index (χ0v) is 27.5. The number of carbonyl (C=O) groups is 3. The molecule has 8 nitrogen and oxygen atoms in total. The summed E-state index contributed by atoms with van der Waals surface area (Å²) >= 11 is 11.6. The second-order valence-electron chi connectivity index (χ2n) is 8.93. The van der Waals surface area contributed by atoms with Crippen molar-refractivity contribution in [2.45, 2.75) is 13.8 Å². The zero-order chi connectivity index (χ0) is 30.9. The summed E-state index contributed by atoms with van der Waals surface area (Å²) < 4.78 is 10.2. The van der Waals surface area contributed by atoms with Crippen LogP contribution in [0.2, 0.25) is 10.0 Å². The van der Waals surface area contributed by atoms with Crippen LogP contribution in [0.3, 0.4) is 0 Å². The van der Waals surface area contributed by atoms with Crippen molar-refractivity contribution in [1.29, 1.82) is 0 Å². The maximum atomic E-state index is 12.1. The Hall–Kier alpha value is -3.21. The Balaban J connectivity index is 0.000000241. The molecule has 3 aromatic carbocycles. The quantitative estimate of drug-likeness (QED) is 0.0584. The minimum Gasteiger partial charge on any atom is -0.507 e. The standard InChI is InChI=1S/C18H16N2O4.C15H10Cl2O2.Eu/c1-3-23-17(21)13-7-9-19-15-11(13)5-6-12-14(18(22)24-4-2)8-10-20-16(12)15;16-12-5-1-3-10(7-12)14(18)9-15(19)11-4-2-6-13(17)8-11;/h5-10H,3-4H2,1-2H3;1-9,18H;/b;14-9-;. The Labute approximate surface area is 304 Å². The molecule has 0 aliphatic heterocycles. The van der Waals surface area contributed by atoms with E-state index in [1.807, 2.05) is 0 Å². The van der Waals surface area contributed by atoms with Crippen LogP contribution in [0.4, 0.5) is 0 Å². The number of aliphatic hydroxyl groups excluding tert-OH is 1. The van der Waals surface area contributed by atoms with Gasteiger partial charge in [-0.2, -0.15) is 0 Å². The third kappa shape index (κ3) is 8.70. The summed E-state index contributed by atoms with van der Waals surface area (Å²) in [5.74, 6) is -1.27. The van der Waals surface area contributed by atoms with Gasteiger partial charge in [0.1, 0.15) is 5.76 Å². The summed E-state index contributed by atoms with van der Waals surface area (Å²) in [4.78, 5) is 44.8. The van der Waals surface area contributed by atoms with E-state index in [0.717, 1.165) is 6.08 Å². The van der Waals surface area contributed by atoms with E-state index in [2.05, 4.69) is 9.97 Å². The third-order valence-corrected chi connectivity index (χ3v) is 6.58. The Bertz CT molecular complexity index is 1790. The number of benzene rings is 3. The van der Waals surface area contributed by atoms with E-state index in [9.17, 15) is 19.5 Å². The van der Waals surface area contributed by atoms with Crippen molar-refractivity contribution in [3.63, 3.8) is 0 Å². The average molecular weight is 769 g/mol. The van der Waals surface area contributed by atoms with Gasteiger partial charge in [-0.25, -0.2) is 9.59 Å². The molecule has 0 amide bonds. The number of halogens is 2. The van der Waals surface area contributed by atoms with Crippen molar-refractivity contribution in [2.75, 3.05) is 13.2 Å². The van der Waals surface area contributed by atoms with Crippen molar-refractivity contribution in [3.05, 3.63) is 124 Å². The molecule has 1 N–H and O–H groups in total. The van der Waals surface area contributed by atoms with E-state index in [4.69, 9.17) is 32.7 Å². The molecule has 225 valence electrons. The van der Waals surface area contributed by atoms with Crippen molar-refractivity contribution in [3.8, 4) is 0 Å². The second kappa shape index (κ2) is 16.8. The molecule has 0 saturated carbocycles. The van der Waals surface area contributed by atoms with E-state index >= 15 is 0 Å². The number of aromatic nitrogens is 2. The maximum Gasteiger partial charge on any atom is 0.338 e. The van der Waals surface area contributed by atoms with Gasteiger partial charge in [0, 0.05) is 99.8 Å². The molecule has 5 rings (SSSR count). The van der Waals surface area contributed by atoms with Crippen LogP contribution in [0, 0.1) is 49.4 Å². The van der Waals surface area contributed by atoms with Gasteiger partial charge in [0.05, 0.1) is 35.4 Å². The third-order valence-electron chi connectivity index (χ3n) is 6.11. The number of rotatable bonds is 7. The van der Waals surface area contributed by atoms with Gasteiger partial charge >= 0.3 is 11.9 Å². The minimum absolute atomic E-state index is 0. The number of allylic oxidation sites excluding steroid dienone is 1. The van der Waals surface area contributed by atoms with E-state index in [-0.39, 0.29) is 60.9 Å². The first-order valence-electron chi connectivity index (χ1n) is 13.2. The molecular weight excluding hydrogens is 743 g/mol. The average Bonchev–Trinajstić information content (AvgIpc) is 3.00. The van der Waals surface area contributed by atoms with E-state index in [1.54, 1.807) is 86.6 Å². The fraction of sp³-hybridized carbons (Fsp3) is 0.121. The minimum atomic E-state index is -0.411. The van der Waals surface area contributed by atoms with E-state index < -0.39 is 11.9 Å². The molecule has 11 heteroatoms. The zero-order valence-electron chi connectivity index (χ0n) is 23.6. The summed E-state index contributed by atoms with van der Waals surface area (Å²) in [5.41, 5.74) is 2.84. The molecule has 0 spiro atoms. The molecule has 0 aliphatic carbocycles. The van der Waals surface area contributed by atoms with Crippen molar-refractivity contribution in [1.82, 2.24) is 9.97 Å². The van der Waals surface area contributed by atoms with Crippen LogP contribution in [0.25, 0.3) is 27.6 Å². The molecule has 0 bridgehead atoms. The van der Waals surface area contributed by atoms with Crippen LogP contribution in [0.15, 0.2) is 91.3 Å². The van der Waals surface area contributed by atoms with Crippen LogP contribution >= 0.6 is 23.2 Å². The summed E-state index contributed by atoms with van der Waals surface area (Å²) in [6, 6.07) is 19.9. The van der Waals surface area contributed by atoms with Crippen LogP contribution in [0.5, 0.6) is 0 Å². The number of ether oxygens (including phenoxy) is 2. The first-order chi connectivity index (χ1) is 20.7. The fourth-order valence-corrected chi connectivity index (χ4v) is 4.56. The molecule has 1 radical (unpaired) electrons. The molecule has 44 heavy (non-hydrogen) atoms. The molecule has 0 fully saturated rings. The SMILES string of the molecule is CCOC(=O)c1ccnc2c1ccc1c(C(=O)OCC)ccnc12.O=C(/C=C(\O)c1cccc(Cl)c1)c1cccc(Cl)c1.[Eu]. The van der Waals surface area contributed by atoms with Crippen molar-refractivity contribution in [2.24, 2.45) is 0 Å². The number of pyridine rings is 2. The summed E-state index contributed by atoms with van der Waals surface area (Å²) in [7, 11) is 0. The number of hydrogen-bond donors (Lipinski definition) is 1. The number of hydrogen-bond acceptors (Lipinski definition) is 8. The van der Waals surface area contributed by atoms with Crippen LogP contribution in [-0.4, -0.2) is 46.0 Å². The Morgan fingerprint density at radius 3 is 1.64 bits per heavy atom. The second-order valence-corrected chi connectivity index (χ2v) is 9.80. The number of esters is 2. The molecular formula is C33H26Cl2EuN2O6. The molecule has 0 saturated heterocycles. The van der Waals surface area contributed by atoms with Gasteiger partial charge in [-0.3, -0.25) is 14.8 Å². The Morgan fingerprint density at radius 2 is 1.18 bits per heavy atom. The van der Waals surface area contributed by atoms with Gasteiger partial charge in [0.2, 0.25) is 0 Å². The van der Waals surface area contributed by atoms with Crippen LogP contribution in [-0.2, 0) is 9.47 Å². The summed E-state index contributed by atoms with van der Waals surface area (Å²) in [5, 5.41) is 12.1. The molecule has 2 heterocycles. The van der Waals surface area contributed by atoms with Crippen molar-refractivity contribution >= 4 is 68.5 Å².